The number of aliphatic hydroxyl groups is 1. The van der Waals surface area contributed by atoms with E-state index in [9.17, 15) is 19.8 Å². The molecule has 0 radical (unpaired) electrons. The number of carboxylic acids is 1. The first kappa shape index (κ1) is 17.1. The summed E-state index contributed by atoms with van der Waals surface area (Å²) in [5, 5.41) is 19.9. The Hall–Kier alpha value is -1.30. The summed E-state index contributed by atoms with van der Waals surface area (Å²) in [7, 11) is 0. The minimum absolute atomic E-state index is 0.0617. The van der Waals surface area contributed by atoms with Gasteiger partial charge in [0.05, 0.1) is 18.1 Å². The lowest BCUT2D eigenvalue weighted by Gasteiger charge is -2.40. The molecule has 2 N–H and O–H groups in total. The molecule has 1 saturated heterocycles. The Kier molecular flexibility index (Phi) is 5.32. The van der Waals surface area contributed by atoms with Crippen LogP contribution in [0.15, 0.2) is 18.2 Å². The van der Waals surface area contributed by atoms with Gasteiger partial charge in [-0.3, -0.25) is 9.59 Å². The highest BCUT2D eigenvalue weighted by atomic mass is 35.5. The number of benzene rings is 1. The standard InChI is InChI=1S/C15H17Cl2NO4/c1-8(19)7-18-13(20)5-4-11(15(21)22)14(18)10-3-2-9(16)6-12(10)17/h2-3,6,8,11,14,19H,4-5,7H2,1H3,(H,21,22)/t8-,11+,14-/m0/s1. The highest BCUT2D eigenvalue weighted by molar-refractivity contribution is 6.35. The van der Waals surface area contributed by atoms with E-state index in [-0.39, 0.29) is 25.3 Å². The summed E-state index contributed by atoms with van der Waals surface area (Å²) in [6.45, 7) is 1.62. The van der Waals surface area contributed by atoms with Gasteiger partial charge < -0.3 is 15.1 Å². The molecule has 0 bridgehead atoms. The van der Waals surface area contributed by atoms with E-state index in [1.807, 2.05) is 0 Å². The number of carbonyl (C=O) groups is 2. The molecule has 0 spiro atoms. The predicted octanol–water partition coefficient (Wildman–Crippen LogP) is 2.74. The zero-order chi connectivity index (χ0) is 16.4. The van der Waals surface area contributed by atoms with E-state index in [4.69, 9.17) is 23.2 Å². The number of amides is 1. The van der Waals surface area contributed by atoms with Gasteiger partial charge in [0.25, 0.3) is 0 Å². The minimum atomic E-state index is -0.987. The molecule has 1 aliphatic rings. The van der Waals surface area contributed by atoms with Gasteiger partial charge in [-0.2, -0.15) is 0 Å². The molecule has 3 atom stereocenters. The number of hydrogen-bond donors (Lipinski definition) is 2. The minimum Gasteiger partial charge on any atom is -0.481 e. The third kappa shape index (κ3) is 3.54. The van der Waals surface area contributed by atoms with Crippen molar-refractivity contribution < 1.29 is 19.8 Å². The van der Waals surface area contributed by atoms with Gasteiger partial charge in [-0.25, -0.2) is 0 Å². The molecule has 0 unspecified atom stereocenters. The molecule has 1 aliphatic heterocycles. The van der Waals surface area contributed by atoms with Gasteiger partial charge in [-0.15, -0.1) is 0 Å². The summed E-state index contributed by atoms with van der Waals surface area (Å²) in [6, 6.07) is 4.06. The molecule has 1 aromatic rings. The number of likely N-dealkylation sites (tertiary alicyclic amines) is 1. The molecule has 22 heavy (non-hydrogen) atoms. The van der Waals surface area contributed by atoms with Gasteiger partial charge in [-0.05, 0) is 31.0 Å². The second kappa shape index (κ2) is 6.86. The number of rotatable bonds is 4. The Labute approximate surface area is 138 Å². The summed E-state index contributed by atoms with van der Waals surface area (Å²) < 4.78 is 0. The number of nitrogens with zero attached hydrogens (tertiary/aromatic N) is 1. The Morgan fingerprint density at radius 1 is 1.45 bits per heavy atom. The predicted molar refractivity (Wildman–Crippen MR) is 83.0 cm³/mol. The van der Waals surface area contributed by atoms with Gasteiger partial charge >= 0.3 is 5.97 Å². The Morgan fingerprint density at radius 3 is 2.68 bits per heavy atom. The third-order valence-corrected chi connectivity index (χ3v) is 4.33. The maximum Gasteiger partial charge on any atom is 0.308 e. The van der Waals surface area contributed by atoms with Gasteiger partial charge in [0.15, 0.2) is 0 Å². The zero-order valence-electron chi connectivity index (χ0n) is 12.0. The fraction of sp³-hybridized carbons (Fsp3) is 0.467. The van der Waals surface area contributed by atoms with Crippen LogP contribution < -0.4 is 0 Å². The van der Waals surface area contributed by atoms with Gasteiger partial charge in [0, 0.05) is 23.0 Å². The quantitative estimate of drug-likeness (QED) is 0.879. The maximum atomic E-state index is 12.2. The van der Waals surface area contributed by atoms with E-state index in [1.165, 1.54) is 11.0 Å². The third-order valence-electron chi connectivity index (χ3n) is 3.77. The average Bonchev–Trinajstić information content (AvgIpc) is 2.41. The van der Waals surface area contributed by atoms with Crippen molar-refractivity contribution >= 4 is 35.1 Å². The van der Waals surface area contributed by atoms with Crippen molar-refractivity contribution in [2.45, 2.75) is 31.9 Å². The molecular formula is C15H17Cl2NO4. The van der Waals surface area contributed by atoms with E-state index >= 15 is 0 Å². The number of carboxylic acid groups (broad SMARTS) is 1. The molecule has 0 aromatic heterocycles. The van der Waals surface area contributed by atoms with Crippen LogP contribution in [0.3, 0.4) is 0 Å². The number of hydrogen-bond acceptors (Lipinski definition) is 3. The van der Waals surface area contributed by atoms with Gasteiger partial charge in [0.1, 0.15) is 0 Å². The smallest absolute Gasteiger partial charge is 0.308 e. The van der Waals surface area contributed by atoms with E-state index in [2.05, 4.69) is 0 Å². The van der Waals surface area contributed by atoms with Crippen LogP contribution in [0.5, 0.6) is 0 Å². The first-order valence-electron chi connectivity index (χ1n) is 6.96. The molecular weight excluding hydrogens is 329 g/mol. The van der Waals surface area contributed by atoms with E-state index in [1.54, 1.807) is 19.1 Å². The SMILES string of the molecule is C[C@H](O)CN1C(=O)CC[C@@H](C(=O)O)[C@@H]1c1ccc(Cl)cc1Cl. The Morgan fingerprint density at radius 2 is 2.14 bits per heavy atom. The highest BCUT2D eigenvalue weighted by Crippen LogP contribution is 2.40. The topological polar surface area (TPSA) is 77.8 Å². The highest BCUT2D eigenvalue weighted by Gasteiger charge is 2.41. The second-order valence-electron chi connectivity index (χ2n) is 5.49. The van der Waals surface area contributed by atoms with Crippen LogP contribution in [0, 0.1) is 5.92 Å². The summed E-state index contributed by atoms with van der Waals surface area (Å²) in [4.78, 5) is 25.2. The van der Waals surface area contributed by atoms with Crippen molar-refractivity contribution in [3.63, 3.8) is 0 Å². The lowest BCUT2D eigenvalue weighted by molar-refractivity contribution is -0.153. The van der Waals surface area contributed by atoms with Crippen molar-refractivity contribution in [3.05, 3.63) is 33.8 Å². The average molecular weight is 346 g/mol. The fourth-order valence-corrected chi connectivity index (χ4v) is 3.36. The summed E-state index contributed by atoms with van der Waals surface area (Å²) in [6.07, 6.45) is -0.371. The van der Waals surface area contributed by atoms with Crippen molar-refractivity contribution in [3.8, 4) is 0 Å². The molecule has 7 heteroatoms. The molecule has 0 aliphatic carbocycles. The van der Waals surface area contributed by atoms with Crippen LogP contribution in [-0.4, -0.2) is 39.6 Å². The first-order chi connectivity index (χ1) is 10.3. The van der Waals surface area contributed by atoms with E-state index in [0.29, 0.717) is 15.6 Å². The maximum absolute atomic E-state index is 12.2. The molecule has 0 saturated carbocycles. The van der Waals surface area contributed by atoms with Gasteiger partial charge in [-0.1, -0.05) is 29.3 Å². The number of carbonyl (C=O) groups excluding carboxylic acids is 1. The number of aliphatic hydroxyl groups excluding tert-OH is 1. The number of piperidine rings is 1. The fourth-order valence-electron chi connectivity index (χ4n) is 2.84. The lowest BCUT2D eigenvalue weighted by Crippen LogP contribution is -2.47. The summed E-state index contributed by atoms with van der Waals surface area (Å²) in [5.41, 5.74) is 0.534. The summed E-state index contributed by atoms with van der Waals surface area (Å²) in [5.74, 6) is -1.94. The molecule has 1 amide bonds. The van der Waals surface area contributed by atoms with Crippen molar-refractivity contribution in [2.24, 2.45) is 5.92 Å². The molecule has 120 valence electrons. The lowest BCUT2D eigenvalue weighted by atomic mass is 9.84. The Bertz CT molecular complexity index is 591. The van der Waals surface area contributed by atoms with Crippen LogP contribution in [-0.2, 0) is 9.59 Å². The van der Waals surface area contributed by atoms with Crippen molar-refractivity contribution in [1.29, 1.82) is 0 Å². The van der Waals surface area contributed by atoms with Crippen molar-refractivity contribution in [2.75, 3.05) is 6.54 Å². The monoisotopic (exact) mass is 345 g/mol. The Balaban J connectivity index is 2.49. The number of halogens is 2. The van der Waals surface area contributed by atoms with Gasteiger partial charge in [0.2, 0.25) is 5.91 Å². The normalized spacial score (nSPS) is 23.5. The second-order valence-corrected chi connectivity index (χ2v) is 6.33. The van der Waals surface area contributed by atoms with Crippen LogP contribution in [0.25, 0.3) is 0 Å². The van der Waals surface area contributed by atoms with Crippen molar-refractivity contribution in [1.82, 2.24) is 4.90 Å². The number of aliphatic carboxylic acids is 1. The molecule has 1 heterocycles. The first-order valence-corrected chi connectivity index (χ1v) is 7.72. The van der Waals surface area contributed by atoms with Crippen LogP contribution in [0.2, 0.25) is 10.0 Å². The molecule has 2 rings (SSSR count). The molecule has 1 fully saturated rings. The molecule has 1 aromatic carbocycles. The molecule has 5 nitrogen and oxygen atoms in total. The zero-order valence-corrected chi connectivity index (χ0v) is 13.5. The van der Waals surface area contributed by atoms with E-state index in [0.717, 1.165) is 0 Å². The summed E-state index contributed by atoms with van der Waals surface area (Å²) >= 11 is 12.1. The van der Waals surface area contributed by atoms with Crippen LogP contribution >= 0.6 is 23.2 Å². The van der Waals surface area contributed by atoms with Crippen LogP contribution in [0.1, 0.15) is 31.4 Å². The largest absolute Gasteiger partial charge is 0.481 e. The van der Waals surface area contributed by atoms with Crippen LogP contribution in [0.4, 0.5) is 0 Å². The number of β-amino-alcohol motifs (C(OH)–C–C–N with tert-alkyl or cyclic N) is 1. The van der Waals surface area contributed by atoms with E-state index < -0.39 is 24.0 Å².